The lowest BCUT2D eigenvalue weighted by atomic mass is 10.2. The van der Waals surface area contributed by atoms with Crippen LogP contribution in [0.5, 0.6) is 0 Å². The van der Waals surface area contributed by atoms with Crippen LogP contribution in [0.25, 0.3) is 11.3 Å². The lowest BCUT2D eigenvalue weighted by Crippen LogP contribution is -2.11. The number of primary amides is 1. The number of H-pyrrole nitrogens is 1. The number of nitrogens with zero attached hydrogens (tertiary/aromatic N) is 3. The van der Waals surface area contributed by atoms with Gasteiger partial charge in [0.15, 0.2) is 11.0 Å². The van der Waals surface area contributed by atoms with Gasteiger partial charge in [-0.15, -0.1) is 11.3 Å². The highest BCUT2D eigenvalue weighted by atomic mass is 32.1. The van der Waals surface area contributed by atoms with Crippen LogP contribution in [0.1, 0.15) is 48.4 Å². The van der Waals surface area contributed by atoms with Crippen LogP contribution in [-0.4, -0.2) is 31.9 Å². The normalized spacial score (nSPS) is 10.9. The maximum atomic E-state index is 12.1. The summed E-state index contributed by atoms with van der Waals surface area (Å²) in [6.07, 6.45) is 4.90. The third-order valence-corrected chi connectivity index (χ3v) is 4.53. The van der Waals surface area contributed by atoms with E-state index in [1.54, 1.807) is 17.6 Å². The molecule has 3 rings (SSSR count). The Balaban J connectivity index is 1.47. The largest absolute Gasteiger partial charge is 0.364 e. The quantitative estimate of drug-likeness (QED) is 0.514. The van der Waals surface area contributed by atoms with Crippen LogP contribution in [0, 0.1) is 0 Å². The van der Waals surface area contributed by atoms with E-state index < -0.39 is 5.91 Å². The number of nitrogens with two attached hydrogens (primary N) is 1. The molecule has 0 fully saturated rings. The van der Waals surface area contributed by atoms with Gasteiger partial charge in [-0.25, -0.2) is 4.98 Å². The van der Waals surface area contributed by atoms with Gasteiger partial charge in [-0.05, 0) is 18.9 Å². The molecule has 0 unspecified atom stereocenters. The Labute approximate surface area is 159 Å². The summed E-state index contributed by atoms with van der Waals surface area (Å²) in [5.41, 5.74) is 6.93. The number of hydrogen-bond acceptors (Lipinski definition) is 7. The minimum Gasteiger partial charge on any atom is -0.364 e. The molecule has 27 heavy (non-hydrogen) atoms. The molecule has 2 amide bonds. The molecule has 0 radical (unpaired) electrons. The molecule has 4 N–H and O–H groups in total. The highest BCUT2D eigenvalue weighted by molar-refractivity contribution is 7.14. The molecule has 0 aromatic carbocycles. The zero-order chi connectivity index (χ0) is 19.2. The van der Waals surface area contributed by atoms with Crippen LogP contribution in [-0.2, 0) is 17.6 Å². The van der Waals surface area contributed by atoms with Gasteiger partial charge < -0.3 is 20.6 Å². The van der Waals surface area contributed by atoms with Gasteiger partial charge in [0.05, 0.1) is 5.69 Å². The van der Waals surface area contributed by atoms with Crippen LogP contribution in [0.4, 0.5) is 5.13 Å². The van der Waals surface area contributed by atoms with E-state index in [4.69, 9.17) is 10.3 Å². The van der Waals surface area contributed by atoms with Gasteiger partial charge in [0.2, 0.25) is 11.8 Å². The second-order valence-electron chi connectivity index (χ2n) is 5.96. The van der Waals surface area contributed by atoms with Crippen LogP contribution in [0.15, 0.2) is 22.2 Å². The van der Waals surface area contributed by atoms with Crippen molar-refractivity contribution in [2.75, 3.05) is 5.32 Å². The molecule has 0 bridgehead atoms. The lowest BCUT2D eigenvalue weighted by molar-refractivity contribution is -0.116. The Kier molecular flexibility index (Phi) is 5.97. The van der Waals surface area contributed by atoms with E-state index in [0.717, 1.165) is 18.4 Å². The summed E-state index contributed by atoms with van der Waals surface area (Å²) in [5.74, 6) is 0.598. The molecule has 3 aromatic heterocycles. The zero-order valence-electron chi connectivity index (χ0n) is 14.8. The molecule has 3 aromatic rings. The molecule has 0 saturated heterocycles. The van der Waals surface area contributed by atoms with E-state index >= 15 is 0 Å². The minimum absolute atomic E-state index is 0.129. The van der Waals surface area contributed by atoms with Gasteiger partial charge in [0.1, 0.15) is 5.69 Å². The highest BCUT2D eigenvalue weighted by Gasteiger charge is 2.12. The van der Waals surface area contributed by atoms with Crippen molar-refractivity contribution in [1.82, 2.24) is 20.1 Å². The van der Waals surface area contributed by atoms with Crippen LogP contribution >= 0.6 is 11.3 Å². The Hall–Kier alpha value is -3.01. The van der Waals surface area contributed by atoms with Crippen molar-refractivity contribution in [1.29, 1.82) is 0 Å². The summed E-state index contributed by atoms with van der Waals surface area (Å²) in [6, 6.07) is 1.63. The van der Waals surface area contributed by atoms with Gasteiger partial charge in [-0.1, -0.05) is 12.1 Å². The third-order valence-electron chi connectivity index (χ3n) is 3.77. The summed E-state index contributed by atoms with van der Waals surface area (Å²) < 4.78 is 5.15. The number of anilines is 1. The average molecular weight is 388 g/mol. The first-order valence-electron chi connectivity index (χ1n) is 8.60. The van der Waals surface area contributed by atoms with E-state index in [2.05, 4.69) is 32.3 Å². The highest BCUT2D eigenvalue weighted by Crippen LogP contribution is 2.25. The number of nitrogens with one attached hydrogen (secondary N) is 2. The molecule has 0 aliphatic rings. The number of hydrogen-bond donors (Lipinski definition) is 3. The first-order chi connectivity index (χ1) is 13.0. The maximum absolute atomic E-state index is 12.1. The summed E-state index contributed by atoms with van der Waals surface area (Å²) >= 11 is 1.32. The van der Waals surface area contributed by atoms with Gasteiger partial charge >= 0.3 is 0 Å². The second-order valence-corrected chi connectivity index (χ2v) is 6.82. The molecule has 0 aliphatic carbocycles. The van der Waals surface area contributed by atoms with Gasteiger partial charge in [-0.2, -0.15) is 4.98 Å². The van der Waals surface area contributed by atoms with Gasteiger partial charge in [0.25, 0.3) is 5.91 Å². The SMILES string of the molecule is CCCc1noc(CCCC(=O)Nc2nc(-c3c[nH]c(C(N)=O)c3)cs2)n1. The van der Waals surface area contributed by atoms with Crippen molar-refractivity contribution in [2.24, 2.45) is 5.73 Å². The van der Waals surface area contributed by atoms with Crippen molar-refractivity contribution in [3.63, 3.8) is 0 Å². The fraction of sp³-hybridized carbons (Fsp3) is 0.353. The first kappa shape index (κ1) is 18.8. The number of aryl methyl sites for hydroxylation is 2. The smallest absolute Gasteiger partial charge is 0.265 e. The van der Waals surface area contributed by atoms with Crippen LogP contribution < -0.4 is 11.1 Å². The number of carbonyl (C=O) groups excluding carboxylic acids is 2. The molecule has 9 nitrogen and oxygen atoms in total. The predicted molar refractivity (Wildman–Crippen MR) is 100 cm³/mol. The van der Waals surface area contributed by atoms with E-state index in [-0.39, 0.29) is 5.91 Å². The van der Waals surface area contributed by atoms with Crippen molar-refractivity contribution in [3.05, 3.63) is 35.1 Å². The number of thiazole rings is 1. The topological polar surface area (TPSA) is 140 Å². The number of rotatable bonds is 9. The molecule has 3 heterocycles. The summed E-state index contributed by atoms with van der Waals surface area (Å²) in [6.45, 7) is 2.05. The molecule has 0 spiro atoms. The molecule has 10 heteroatoms. The zero-order valence-corrected chi connectivity index (χ0v) is 15.6. The van der Waals surface area contributed by atoms with Gasteiger partial charge in [0, 0.05) is 36.4 Å². The number of aromatic amines is 1. The average Bonchev–Trinajstić information content (AvgIpc) is 3.35. The second kappa shape index (κ2) is 8.58. The standard InChI is InChI=1S/C17H20N6O3S/c1-2-4-13-21-15(26-23-13)6-3-5-14(24)22-17-20-12(9-27-17)10-7-11(16(18)25)19-8-10/h7-9,19H,2-6H2,1H3,(H2,18,25)(H,20,22,24). The number of aromatic nitrogens is 4. The fourth-order valence-corrected chi connectivity index (χ4v) is 3.18. The van der Waals surface area contributed by atoms with E-state index in [1.165, 1.54) is 11.3 Å². The van der Waals surface area contributed by atoms with Gasteiger partial charge in [-0.3, -0.25) is 9.59 Å². The Morgan fingerprint density at radius 3 is 2.93 bits per heavy atom. The predicted octanol–water partition coefficient (Wildman–Crippen LogP) is 2.53. The Morgan fingerprint density at radius 2 is 2.19 bits per heavy atom. The summed E-state index contributed by atoms with van der Waals surface area (Å²) in [4.78, 5) is 34.6. The molecule has 142 valence electrons. The first-order valence-corrected chi connectivity index (χ1v) is 9.48. The maximum Gasteiger partial charge on any atom is 0.265 e. The molecule has 0 aliphatic heterocycles. The van der Waals surface area contributed by atoms with Crippen molar-refractivity contribution >= 4 is 28.3 Å². The number of carbonyl (C=O) groups is 2. The summed E-state index contributed by atoms with van der Waals surface area (Å²) in [7, 11) is 0. The molecular formula is C17H20N6O3S. The fourth-order valence-electron chi connectivity index (χ4n) is 2.45. The van der Waals surface area contributed by atoms with Crippen molar-refractivity contribution < 1.29 is 14.1 Å². The van der Waals surface area contributed by atoms with E-state index in [9.17, 15) is 9.59 Å². The summed E-state index contributed by atoms with van der Waals surface area (Å²) in [5, 5.41) is 8.97. The Morgan fingerprint density at radius 1 is 1.33 bits per heavy atom. The lowest BCUT2D eigenvalue weighted by Gasteiger charge is -2.00. The monoisotopic (exact) mass is 388 g/mol. The Bertz CT molecular complexity index is 929. The number of amides is 2. The molecular weight excluding hydrogens is 368 g/mol. The van der Waals surface area contributed by atoms with E-state index in [0.29, 0.717) is 47.5 Å². The van der Waals surface area contributed by atoms with Crippen molar-refractivity contribution in [3.8, 4) is 11.3 Å². The molecule has 0 atom stereocenters. The van der Waals surface area contributed by atoms with Crippen LogP contribution in [0.2, 0.25) is 0 Å². The third kappa shape index (κ3) is 5.00. The van der Waals surface area contributed by atoms with Crippen molar-refractivity contribution in [2.45, 2.75) is 39.0 Å². The van der Waals surface area contributed by atoms with E-state index in [1.807, 2.05) is 0 Å². The van der Waals surface area contributed by atoms with Crippen LogP contribution in [0.3, 0.4) is 0 Å². The molecule has 0 saturated carbocycles. The minimum atomic E-state index is -0.534.